The number of hydrogen-bond acceptors (Lipinski definition) is 5. The highest BCUT2D eigenvalue weighted by Gasteiger charge is 2.55. The van der Waals surface area contributed by atoms with Crippen molar-refractivity contribution in [3.8, 4) is 5.88 Å². The zero-order valence-corrected chi connectivity index (χ0v) is 16.0. The lowest BCUT2D eigenvalue weighted by Crippen LogP contribution is -2.38. The molecule has 0 amide bonds. The summed E-state index contributed by atoms with van der Waals surface area (Å²) in [5.74, 6) is 3.09. The van der Waals surface area contributed by atoms with Crippen LogP contribution in [-0.2, 0) is 5.54 Å². The minimum absolute atomic E-state index is 0.332. The second kappa shape index (κ2) is 5.85. The molecule has 0 aromatic carbocycles. The largest absolute Gasteiger partial charge is 0.474 e. The molecule has 2 saturated heterocycles. The number of hydrogen-bond donors (Lipinski definition) is 2. The molecule has 4 rings (SSSR count). The van der Waals surface area contributed by atoms with Gasteiger partial charge >= 0.3 is 0 Å². The quantitative estimate of drug-likeness (QED) is 0.879. The first-order valence-corrected chi connectivity index (χ1v) is 9.67. The minimum Gasteiger partial charge on any atom is -0.474 e. The Bertz CT molecular complexity index is 632. The molecule has 3 atom stereocenters. The topological polar surface area (TPSA) is 63.4 Å². The number of ether oxygens (including phenoxy) is 1. The van der Waals surface area contributed by atoms with E-state index in [4.69, 9.17) is 15.5 Å². The third-order valence-corrected chi connectivity index (χ3v) is 6.24. The van der Waals surface area contributed by atoms with Crippen molar-refractivity contribution in [2.24, 2.45) is 23.0 Å². The molecule has 1 aromatic heterocycles. The fourth-order valence-corrected chi connectivity index (χ4v) is 4.10. The normalized spacial score (nSPS) is 30.9. The lowest BCUT2D eigenvalue weighted by molar-refractivity contribution is 0.250. The van der Waals surface area contributed by atoms with E-state index in [0.717, 1.165) is 43.4 Å². The molecule has 0 radical (unpaired) electrons. The maximum absolute atomic E-state index is 6.39. The van der Waals surface area contributed by atoms with Crippen molar-refractivity contribution in [2.45, 2.75) is 52.2 Å². The van der Waals surface area contributed by atoms with Crippen molar-refractivity contribution in [3.63, 3.8) is 0 Å². The monoisotopic (exact) mass is 344 g/mol. The van der Waals surface area contributed by atoms with Crippen LogP contribution in [0, 0.1) is 17.3 Å². The molecular formula is C20H32N4O. The van der Waals surface area contributed by atoms with Crippen LogP contribution in [0.2, 0.25) is 0 Å². The fraction of sp³-hybridized carbons (Fsp3) is 0.750. The SMILES string of the molecule is CC1(C)CCN(c2cc(C(C)(C)N)cc(O[C@@H]3[C@@H]4CNC[C@@H]43)n2)CC1. The second-order valence-electron chi connectivity index (χ2n) is 9.49. The van der Waals surface area contributed by atoms with Gasteiger partial charge in [0.1, 0.15) is 11.9 Å². The molecule has 1 aliphatic carbocycles. The number of rotatable bonds is 4. The van der Waals surface area contributed by atoms with Gasteiger partial charge in [0.25, 0.3) is 0 Å². The van der Waals surface area contributed by atoms with Crippen molar-refractivity contribution in [3.05, 3.63) is 17.7 Å². The Labute approximate surface area is 151 Å². The van der Waals surface area contributed by atoms with Crippen LogP contribution in [0.4, 0.5) is 5.82 Å². The van der Waals surface area contributed by atoms with Gasteiger partial charge < -0.3 is 20.7 Å². The third-order valence-electron chi connectivity index (χ3n) is 6.24. The van der Waals surface area contributed by atoms with Crippen molar-refractivity contribution < 1.29 is 4.74 Å². The standard InChI is InChI=1S/C20H32N4O/c1-19(2)5-7-24(8-6-19)16-9-13(20(3,4)21)10-17(23-16)25-18-14-11-22-12-15(14)18/h9-10,14-15,18,22H,5-8,11-12,21H2,1-4H3/t14-,15+,18-. The Morgan fingerprint density at radius 2 is 1.84 bits per heavy atom. The van der Waals surface area contributed by atoms with Crippen molar-refractivity contribution in [1.29, 1.82) is 0 Å². The third kappa shape index (κ3) is 3.49. The molecule has 25 heavy (non-hydrogen) atoms. The number of nitrogens with zero attached hydrogens (tertiary/aromatic N) is 2. The maximum Gasteiger partial charge on any atom is 0.215 e. The van der Waals surface area contributed by atoms with E-state index in [1.807, 2.05) is 19.9 Å². The highest BCUT2D eigenvalue weighted by Crippen LogP contribution is 2.45. The summed E-state index contributed by atoms with van der Waals surface area (Å²) in [4.78, 5) is 7.25. The van der Waals surface area contributed by atoms with Gasteiger partial charge in [0.15, 0.2) is 0 Å². The summed E-state index contributed by atoms with van der Waals surface area (Å²) in [6.45, 7) is 13.0. The van der Waals surface area contributed by atoms with Crippen LogP contribution in [0.5, 0.6) is 5.88 Å². The summed E-state index contributed by atoms with van der Waals surface area (Å²) in [6.07, 6.45) is 2.72. The molecular weight excluding hydrogens is 312 g/mol. The Morgan fingerprint density at radius 1 is 1.20 bits per heavy atom. The van der Waals surface area contributed by atoms with E-state index in [1.165, 1.54) is 12.8 Å². The highest BCUT2D eigenvalue weighted by molar-refractivity contribution is 5.47. The molecule has 5 heteroatoms. The van der Waals surface area contributed by atoms with Gasteiger partial charge in [-0.05, 0) is 43.7 Å². The van der Waals surface area contributed by atoms with E-state index in [9.17, 15) is 0 Å². The molecule has 0 unspecified atom stereocenters. The predicted molar refractivity (Wildman–Crippen MR) is 101 cm³/mol. The zero-order valence-electron chi connectivity index (χ0n) is 16.0. The van der Waals surface area contributed by atoms with Crippen LogP contribution in [0.1, 0.15) is 46.1 Å². The van der Waals surface area contributed by atoms with Crippen LogP contribution < -0.4 is 20.7 Å². The van der Waals surface area contributed by atoms with E-state index in [2.05, 4.69) is 30.1 Å². The molecule has 0 bridgehead atoms. The van der Waals surface area contributed by atoms with Gasteiger partial charge in [-0.1, -0.05) is 13.8 Å². The van der Waals surface area contributed by atoms with Gasteiger partial charge in [-0.2, -0.15) is 4.98 Å². The van der Waals surface area contributed by atoms with Crippen LogP contribution in [0.15, 0.2) is 12.1 Å². The van der Waals surface area contributed by atoms with Gasteiger partial charge in [-0.3, -0.25) is 0 Å². The van der Waals surface area contributed by atoms with E-state index in [1.54, 1.807) is 0 Å². The highest BCUT2D eigenvalue weighted by atomic mass is 16.5. The average Bonchev–Trinajstić information content (AvgIpc) is 2.95. The molecule has 138 valence electrons. The molecule has 1 saturated carbocycles. The summed E-state index contributed by atoms with van der Waals surface area (Å²) in [6, 6.07) is 4.19. The zero-order chi connectivity index (χ0) is 17.8. The summed E-state index contributed by atoms with van der Waals surface area (Å²) in [5, 5.41) is 3.42. The van der Waals surface area contributed by atoms with Crippen LogP contribution in [-0.4, -0.2) is 37.3 Å². The van der Waals surface area contributed by atoms with Crippen molar-refractivity contribution >= 4 is 5.82 Å². The molecule has 1 aromatic rings. The lowest BCUT2D eigenvalue weighted by atomic mass is 9.82. The summed E-state index contributed by atoms with van der Waals surface area (Å²) >= 11 is 0. The van der Waals surface area contributed by atoms with Gasteiger partial charge in [-0.15, -0.1) is 0 Å². The number of nitrogens with two attached hydrogens (primary N) is 1. The number of aromatic nitrogens is 1. The van der Waals surface area contributed by atoms with Gasteiger partial charge in [0, 0.05) is 49.6 Å². The Balaban J connectivity index is 1.56. The average molecular weight is 345 g/mol. The van der Waals surface area contributed by atoms with E-state index >= 15 is 0 Å². The van der Waals surface area contributed by atoms with Crippen LogP contribution in [0.3, 0.4) is 0 Å². The molecule has 3 heterocycles. The Morgan fingerprint density at radius 3 is 2.44 bits per heavy atom. The lowest BCUT2D eigenvalue weighted by Gasteiger charge is -2.38. The molecule has 3 N–H and O–H groups in total. The van der Waals surface area contributed by atoms with E-state index < -0.39 is 5.54 Å². The summed E-state index contributed by atoms with van der Waals surface area (Å²) in [5.41, 5.74) is 7.52. The van der Waals surface area contributed by atoms with Crippen LogP contribution >= 0.6 is 0 Å². The number of pyridine rings is 1. The number of fused-ring (bicyclic) bond motifs is 1. The molecule has 0 spiro atoms. The maximum atomic E-state index is 6.39. The number of nitrogens with one attached hydrogen (secondary N) is 1. The Kier molecular flexibility index (Phi) is 4.00. The number of piperidine rings is 2. The van der Waals surface area contributed by atoms with Gasteiger partial charge in [0.05, 0.1) is 0 Å². The molecule has 3 fully saturated rings. The van der Waals surface area contributed by atoms with Gasteiger partial charge in [0.2, 0.25) is 5.88 Å². The smallest absolute Gasteiger partial charge is 0.215 e. The molecule has 2 aliphatic heterocycles. The fourth-order valence-electron chi connectivity index (χ4n) is 4.10. The number of anilines is 1. The van der Waals surface area contributed by atoms with Gasteiger partial charge in [-0.25, -0.2) is 0 Å². The van der Waals surface area contributed by atoms with E-state index in [-0.39, 0.29) is 0 Å². The first kappa shape index (κ1) is 17.1. The van der Waals surface area contributed by atoms with Crippen molar-refractivity contribution in [2.75, 3.05) is 31.1 Å². The van der Waals surface area contributed by atoms with Crippen LogP contribution in [0.25, 0.3) is 0 Å². The molecule has 5 nitrogen and oxygen atoms in total. The first-order valence-electron chi connectivity index (χ1n) is 9.67. The van der Waals surface area contributed by atoms with E-state index in [0.29, 0.717) is 23.4 Å². The Hall–Kier alpha value is -1.33. The summed E-state index contributed by atoms with van der Waals surface area (Å²) < 4.78 is 6.27. The predicted octanol–water partition coefficient (Wildman–Crippen LogP) is 2.50. The first-order chi connectivity index (χ1) is 11.7. The summed E-state index contributed by atoms with van der Waals surface area (Å²) in [7, 11) is 0. The van der Waals surface area contributed by atoms with Crippen molar-refractivity contribution in [1.82, 2.24) is 10.3 Å². The second-order valence-corrected chi connectivity index (χ2v) is 9.49. The minimum atomic E-state index is -0.397. The molecule has 3 aliphatic rings.